The molecule has 1 aromatic rings. The van der Waals surface area contributed by atoms with Gasteiger partial charge in [-0.15, -0.1) is 0 Å². The van der Waals surface area contributed by atoms with Crippen LogP contribution in [0.15, 0.2) is 23.1 Å². The molecule has 13 heavy (non-hydrogen) atoms. The number of halogens is 1. The predicted octanol–water partition coefficient (Wildman–Crippen LogP) is 2.72. The third-order valence-electron chi connectivity index (χ3n) is 1.37. The molecule has 0 aromatic heterocycles. The Morgan fingerprint density at radius 2 is 2.15 bits per heavy atom. The van der Waals surface area contributed by atoms with E-state index >= 15 is 0 Å². The Morgan fingerprint density at radius 1 is 1.46 bits per heavy atom. The third-order valence-corrected chi connectivity index (χ3v) is 2.72. The normalized spacial score (nSPS) is 10.5. The third kappa shape index (κ3) is 3.03. The Balaban J connectivity index is 2.91. The molecule has 0 aliphatic carbocycles. The van der Waals surface area contributed by atoms with Crippen LogP contribution >= 0.6 is 23.5 Å². The van der Waals surface area contributed by atoms with Crippen molar-refractivity contribution in [3.8, 4) is 0 Å². The van der Waals surface area contributed by atoms with Crippen LogP contribution in [0, 0.1) is 0 Å². The van der Waals surface area contributed by atoms with Gasteiger partial charge >= 0.3 is 0 Å². The molecule has 0 atom stereocenters. The minimum absolute atomic E-state index is 0.605. The summed E-state index contributed by atoms with van der Waals surface area (Å²) in [4.78, 5) is 11.4. The Bertz CT molecular complexity index is 314. The molecule has 0 saturated heterocycles. The molecule has 0 N–H and O–H groups in total. The fourth-order valence-electron chi connectivity index (χ4n) is 0.861. The molecule has 0 heterocycles. The summed E-state index contributed by atoms with van der Waals surface area (Å²) in [6, 6.07) is 5.27. The van der Waals surface area contributed by atoms with Crippen LogP contribution in [0.25, 0.3) is 0 Å². The van der Waals surface area contributed by atoms with Gasteiger partial charge in [0.1, 0.15) is 6.29 Å². The van der Waals surface area contributed by atoms with Gasteiger partial charge in [0.25, 0.3) is 0 Å². The maximum atomic E-state index is 10.4. The van der Waals surface area contributed by atoms with E-state index in [1.807, 2.05) is 24.5 Å². The second kappa shape index (κ2) is 4.65. The summed E-state index contributed by atoms with van der Waals surface area (Å²) in [6.45, 7) is 0. The van der Waals surface area contributed by atoms with E-state index in [0.717, 1.165) is 11.2 Å². The fourth-order valence-corrected chi connectivity index (χ4v) is 1.82. The van der Waals surface area contributed by atoms with E-state index in [2.05, 4.69) is 0 Å². The van der Waals surface area contributed by atoms with Gasteiger partial charge in [-0.3, -0.25) is 9.10 Å². The van der Waals surface area contributed by atoms with Crippen molar-refractivity contribution in [2.75, 3.05) is 14.1 Å². The van der Waals surface area contributed by atoms with Crippen molar-refractivity contribution >= 4 is 29.8 Å². The van der Waals surface area contributed by atoms with E-state index in [1.54, 1.807) is 12.1 Å². The van der Waals surface area contributed by atoms with Gasteiger partial charge in [-0.25, -0.2) is 0 Å². The number of benzene rings is 1. The SMILES string of the molecule is CN(C)Sc1ccc(C=O)cc1Cl. The highest BCUT2D eigenvalue weighted by atomic mass is 35.5. The van der Waals surface area contributed by atoms with Crippen LogP contribution in [0.2, 0.25) is 5.02 Å². The quantitative estimate of drug-likeness (QED) is 0.571. The highest BCUT2D eigenvalue weighted by Crippen LogP contribution is 2.28. The van der Waals surface area contributed by atoms with Crippen molar-refractivity contribution in [1.82, 2.24) is 4.31 Å². The van der Waals surface area contributed by atoms with E-state index in [-0.39, 0.29) is 0 Å². The zero-order valence-electron chi connectivity index (χ0n) is 7.45. The lowest BCUT2D eigenvalue weighted by Gasteiger charge is -2.09. The van der Waals surface area contributed by atoms with E-state index < -0.39 is 0 Å². The van der Waals surface area contributed by atoms with Crippen LogP contribution in [0.5, 0.6) is 0 Å². The summed E-state index contributed by atoms with van der Waals surface area (Å²) >= 11 is 7.48. The van der Waals surface area contributed by atoms with Crippen LogP contribution in [0.3, 0.4) is 0 Å². The summed E-state index contributed by atoms with van der Waals surface area (Å²) in [5.74, 6) is 0. The molecule has 70 valence electrons. The molecular formula is C9H10ClNOS. The maximum absolute atomic E-state index is 10.4. The zero-order chi connectivity index (χ0) is 9.84. The van der Waals surface area contributed by atoms with Crippen molar-refractivity contribution in [2.45, 2.75) is 4.90 Å². The van der Waals surface area contributed by atoms with Gasteiger partial charge in [-0.1, -0.05) is 17.7 Å². The Morgan fingerprint density at radius 3 is 2.62 bits per heavy atom. The molecule has 0 aliphatic rings. The molecule has 0 bridgehead atoms. The molecule has 1 rings (SSSR count). The van der Waals surface area contributed by atoms with Gasteiger partial charge in [-0.2, -0.15) is 0 Å². The van der Waals surface area contributed by atoms with Crippen LogP contribution in [0.4, 0.5) is 0 Å². The first kappa shape index (κ1) is 10.6. The summed E-state index contributed by atoms with van der Waals surface area (Å²) < 4.78 is 1.95. The van der Waals surface area contributed by atoms with Gasteiger partial charge in [-0.05, 0) is 38.2 Å². The van der Waals surface area contributed by atoms with Gasteiger partial charge in [0.15, 0.2) is 0 Å². The standard InChI is InChI=1S/C9H10ClNOS/c1-11(2)13-9-4-3-7(6-12)5-8(9)10/h3-6H,1-2H3. The molecule has 4 heteroatoms. The van der Waals surface area contributed by atoms with E-state index in [0.29, 0.717) is 10.6 Å². The predicted molar refractivity (Wildman–Crippen MR) is 56.4 cm³/mol. The van der Waals surface area contributed by atoms with E-state index in [4.69, 9.17) is 11.6 Å². The lowest BCUT2D eigenvalue weighted by molar-refractivity contribution is 0.112. The molecule has 0 spiro atoms. The van der Waals surface area contributed by atoms with Crippen LogP contribution in [-0.4, -0.2) is 24.7 Å². The topological polar surface area (TPSA) is 20.3 Å². The summed E-state index contributed by atoms with van der Waals surface area (Å²) in [7, 11) is 3.88. The molecule has 2 nitrogen and oxygen atoms in total. The highest BCUT2D eigenvalue weighted by molar-refractivity contribution is 7.97. The molecular weight excluding hydrogens is 206 g/mol. The van der Waals surface area contributed by atoms with Crippen molar-refractivity contribution in [3.05, 3.63) is 28.8 Å². The first-order valence-corrected chi connectivity index (χ1v) is 4.88. The van der Waals surface area contributed by atoms with Gasteiger partial charge < -0.3 is 0 Å². The molecule has 0 amide bonds. The summed E-state index contributed by atoms with van der Waals surface area (Å²) in [5.41, 5.74) is 0.605. The Hall–Kier alpha value is -0.510. The number of carbonyl (C=O) groups excluding carboxylic acids is 1. The van der Waals surface area contributed by atoms with Crippen LogP contribution in [-0.2, 0) is 0 Å². The monoisotopic (exact) mass is 215 g/mol. The molecule has 1 aromatic carbocycles. The van der Waals surface area contributed by atoms with E-state index in [1.165, 1.54) is 11.9 Å². The van der Waals surface area contributed by atoms with Crippen molar-refractivity contribution in [3.63, 3.8) is 0 Å². The summed E-state index contributed by atoms with van der Waals surface area (Å²) in [6.07, 6.45) is 0.788. The number of carbonyl (C=O) groups is 1. The van der Waals surface area contributed by atoms with Crippen LogP contribution in [0.1, 0.15) is 10.4 Å². The minimum atomic E-state index is 0.605. The lowest BCUT2D eigenvalue weighted by Crippen LogP contribution is -1.98. The number of hydrogen-bond acceptors (Lipinski definition) is 3. The second-order valence-corrected chi connectivity index (χ2v) is 4.47. The second-order valence-electron chi connectivity index (χ2n) is 2.71. The van der Waals surface area contributed by atoms with Crippen molar-refractivity contribution in [2.24, 2.45) is 0 Å². The van der Waals surface area contributed by atoms with Crippen molar-refractivity contribution < 1.29 is 4.79 Å². The minimum Gasteiger partial charge on any atom is -0.298 e. The number of hydrogen-bond donors (Lipinski definition) is 0. The molecule has 0 fully saturated rings. The fraction of sp³-hybridized carbons (Fsp3) is 0.222. The molecule has 0 saturated carbocycles. The van der Waals surface area contributed by atoms with Crippen LogP contribution < -0.4 is 0 Å². The zero-order valence-corrected chi connectivity index (χ0v) is 9.02. The first-order chi connectivity index (χ1) is 6.13. The average Bonchev–Trinajstić information content (AvgIpc) is 2.08. The molecule has 0 radical (unpaired) electrons. The average molecular weight is 216 g/mol. The largest absolute Gasteiger partial charge is 0.298 e. The first-order valence-electron chi connectivity index (χ1n) is 3.73. The molecule has 0 aliphatic heterocycles. The van der Waals surface area contributed by atoms with Gasteiger partial charge in [0, 0.05) is 10.5 Å². The Kier molecular flexibility index (Phi) is 3.78. The lowest BCUT2D eigenvalue weighted by atomic mass is 10.2. The number of nitrogens with zero attached hydrogens (tertiary/aromatic N) is 1. The van der Waals surface area contributed by atoms with E-state index in [9.17, 15) is 4.79 Å². The number of rotatable bonds is 3. The van der Waals surface area contributed by atoms with Crippen molar-refractivity contribution in [1.29, 1.82) is 0 Å². The van der Waals surface area contributed by atoms with Gasteiger partial charge in [0.2, 0.25) is 0 Å². The Labute approximate surface area is 87.0 Å². The van der Waals surface area contributed by atoms with Gasteiger partial charge in [0.05, 0.1) is 5.02 Å². The highest BCUT2D eigenvalue weighted by Gasteiger charge is 2.03. The smallest absolute Gasteiger partial charge is 0.150 e. The maximum Gasteiger partial charge on any atom is 0.150 e. The molecule has 0 unspecified atom stereocenters. The summed E-state index contributed by atoms with van der Waals surface area (Å²) in [5, 5.41) is 0.614. The number of aldehydes is 1.